The number of amides is 1. The lowest BCUT2D eigenvalue weighted by atomic mass is 10.2. The van der Waals surface area contributed by atoms with Crippen LogP contribution in [0.4, 0.5) is 17.1 Å². The van der Waals surface area contributed by atoms with E-state index in [1.54, 1.807) is 12.1 Å². The van der Waals surface area contributed by atoms with Crippen molar-refractivity contribution in [2.24, 2.45) is 0 Å². The molecule has 3 rings (SSSR count). The summed E-state index contributed by atoms with van der Waals surface area (Å²) in [6.45, 7) is 2.31. The lowest BCUT2D eigenvalue weighted by molar-refractivity contribution is 0.102. The molecule has 3 aromatic rings. The summed E-state index contributed by atoms with van der Waals surface area (Å²) in [4.78, 5) is 16.6. The van der Waals surface area contributed by atoms with Crippen LogP contribution in [0.1, 0.15) is 17.4 Å². The van der Waals surface area contributed by atoms with E-state index in [9.17, 15) is 4.79 Å². The molecule has 1 aromatic heterocycles. The van der Waals surface area contributed by atoms with Crippen LogP contribution in [0.15, 0.2) is 66.7 Å². The summed E-state index contributed by atoms with van der Waals surface area (Å²) in [5, 5.41) is 6.35. The Labute approximate surface area is 157 Å². The van der Waals surface area contributed by atoms with Gasteiger partial charge in [-0.3, -0.25) is 4.79 Å². The van der Waals surface area contributed by atoms with Gasteiger partial charge in [-0.25, -0.2) is 4.98 Å². The number of pyridine rings is 1. The van der Waals surface area contributed by atoms with Crippen LogP contribution in [0.25, 0.3) is 0 Å². The van der Waals surface area contributed by atoms with E-state index in [-0.39, 0.29) is 16.6 Å². The van der Waals surface area contributed by atoms with Gasteiger partial charge < -0.3 is 15.4 Å². The lowest BCUT2D eigenvalue weighted by Crippen LogP contribution is -2.15. The summed E-state index contributed by atoms with van der Waals surface area (Å²) in [5.41, 5.74) is 2.69. The van der Waals surface area contributed by atoms with Crippen molar-refractivity contribution < 1.29 is 9.53 Å². The third-order valence-electron chi connectivity index (χ3n) is 3.53. The molecule has 132 valence electrons. The second-order valence-corrected chi connectivity index (χ2v) is 5.84. The molecule has 0 spiro atoms. The number of aromatic nitrogens is 1. The first-order valence-electron chi connectivity index (χ1n) is 8.18. The predicted octanol–water partition coefficient (Wildman–Crippen LogP) is 5.13. The number of anilines is 3. The van der Waals surface area contributed by atoms with Crippen LogP contribution in [-0.4, -0.2) is 17.5 Å². The monoisotopic (exact) mass is 367 g/mol. The summed E-state index contributed by atoms with van der Waals surface area (Å²) < 4.78 is 5.32. The molecule has 0 aliphatic heterocycles. The van der Waals surface area contributed by atoms with E-state index < -0.39 is 0 Å². The predicted molar refractivity (Wildman–Crippen MR) is 105 cm³/mol. The summed E-state index contributed by atoms with van der Waals surface area (Å²) in [7, 11) is 0. The fourth-order valence-electron chi connectivity index (χ4n) is 2.33. The van der Waals surface area contributed by atoms with E-state index >= 15 is 0 Å². The zero-order chi connectivity index (χ0) is 18.4. The topological polar surface area (TPSA) is 63.2 Å². The van der Waals surface area contributed by atoms with Crippen molar-refractivity contribution in [3.8, 4) is 5.88 Å². The zero-order valence-corrected chi connectivity index (χ0v) is 15.0. The molecule has 0 unspecified atom stereocenters. The van der Waals surface area contributed by atoms with Gasteiger partial charge in [0.25, 0.3) is 5.91 Å². The molecule has 0 saturated heterocycles. The highest BCUT2D eigenvalue weighted by Gasteiger charge is 2.14. The van der Waals surface area contributed by atoms with Crippen LogP contribution in [-0.2, 0) is 0 Å². The summed E-state index contributed by atoms with van der Waals surface area (Å²) in [5.74, 6) is -0.0234. The Morgan fingerprint density at radius 1 is 0.962 bits per heavy atom. The number of nitrogens with zero attached hydrogens (tertiary/aromatic N) is 1. The molecular weight excluding hydrogens is 350 g/mol. The van der Waals surface area contributed by atoms with Crippen LogP contribution >= 0.6 is 11.6 Å². The maximum Gasteiger partial charge on any atom is 0.275 e. The minimum Gasteiger partial charge on any atom is -0.478 e. The van der Waals surface area contributed by atoms with Crippen molar-refractivity contribution in [1.29, 1.82) is 0 Å². The molecule has 1 heterocycles. The number of hydrogen-bond acceptors (Lipinski definition) is 4. The number of halogens is 1. The highest BCUT2D eigenvalue weighted by molar-refractivity contribution is 6.34. The number of ether oxygens (including phenoxy) is 1. The molecule has 2 aromatic carbocycles. The first-order valence-corrected chi connectivity index (χ1v) is 8.56. The maximum absolute atomic E-state index is 12.4. The number of rotatable bonds is 6. The fourth-order valence-corrected chi connectivity index (χ4v) is 2.52. The quantitative estimate of drug-likeness (QED) is 0.634. The normalized spacial score (nSPS) is 10.2. The Kier molecular flexibility index (Phi) is 5.71. The second-order valence-electron chi connectivity index (χ2n) is 5.44. The number of carbonyl (C=O) groups is 1. The van der Waals surface area contributed by atoms with Crippen molar-refractivity contribution in [2.75, 3.05) is 17.2 Å². The molecule has 1 amide bonds. The van der Waals surface area contributed by atoms with Crippen molar-refractivity contribution in [1.82, 2.24) is 4.98 Å². The average molecular weight is 368 g/mol. The molecular formula is C20H18ClN3O2. The van der Waals surface area contributed by atoms with Gasteiger partial charge in [0, 0.05) is 23.1 Å². The van der Waals surface area contributed by atoms with Gasteiger partial charge in [-0.15, -0.1) is 0 Å². The highest BCUT2D eigenvalue weighted by atomic mass is 35.5. The van der Waals surface area contributed by atoms with Gasteiger partial charge in [-0.1, -0.05) is 29.8 Å². The van der Waals surface area contributed by atoms with E-state index in [4.69, 9.17) is 16.3 Å². The lowest BCUT2D eigenvalue weighted by Gasteiger charge is -2.10. The van der Waals surface area contributed by atoms with Gasteiger partial charge in [0.05, 0.1) is 11.6 Å². The average Bonchev–Trinajstić information content (AvgIpc) is 2.66. The van der Waals surface area contributed by atoms with Gasteiger partial charge in [-0.05, 0) is 49.4 Å². The van der Waals surface area contributed by atoms with Crippen molar-refractivity contribution >= 4 is 34.6 Å². The second kappa shape index (κ2) is 8.36. The number of hydrogen-bond donors (Lipinski definition) is 2. The number of benzene rings is 2. The molecule has 0 aliphatic carbocycles. The Balaban J connectivity index is 1.69. The molecule has 0 atom stereocenters. The van der Waals surface area contributed by atoms with E-state index in [2.05, 4.69) is 15.6 Å². The van der Waals surface area contributed by atoms with Crippen LogP contribution < -0.4 is 15.4 Å². The van der Waals surface area contributed by atoms with E-state index in [0.717, 1.165) is 11.4 Å². The van der Waals surface area contributed by atoms with Crippen LogP contribution in [0.5, 0.6) is 5.88 Å². The summed E-state index contributed by atoms with van der Waals surface area (Å²) >= 11 is 6.08. The Morgan fingerprint density at radius 3 is 2.31 bits per heavy atom. The minimum atomic E-state index is -0.389. The van der Waals surface area contributed by atoms with E-state index in [0.29, 0.717) is 18.2 Å². The van der Waals surface area contributed by atoms with Crippen LogP contribution in [0.3, 0.4) is 0 Å². The molecule has 0 fully saturated rings. The van der Waals surface area contributed by atoms with Gasteiger partial charge in [0.1, 0.15) is 0 Å². The Morgan fingerprint density at radius 2 is 1.62 bits per heavy atom. The molecule has 0 aliphatic rings. The SMILES string of the molecule is CCOc1ccc(Cl)c(C(=O)Nc2ccc(Nc3ccccc3)cc2)n1. The highest BCUT2D eigenvalue weighted by Crippen LogP contribution is 2.21. The molecule has 5 nitrogen and oxygen atoms in total. The molecule has 0 saturated carbocycles. The molecule has 0 radical (unpaired) electrons. The molecule has 26 heavy (non-hydrogen) atoms. The fraction of sp³-hybridized carbons (Fsp3) is 0.100. The van der Waals surface area contributed by atoms with Crippen LogP contribution in [0.2, 0.25) is 5.02 Å². The Hall–Kier alpha value is -3.05. The van der Waals surface area contributed by atoms with Gasteiger partial charge >= 0.3 is 0 Å². The first-order chi connectivity index (χ1) is 12.7. The number of nitrogens with one attached hydrogen (secondary N) is 2. The number of para-hydroxylation sites is 1. The standard InChI is InChI=1S/C20H18ClN3O2/c1-2-26-18-13-12-17(21)19(24-18)20(25)23-16-10-8-15(9-11-16)22-14-6-4-3-5-7-14/h3-13,22H,2H2,1H3,(H,23,25). The zero-order valence-electron chi connectivity index (χ0n) is 14.2. The van der Waals surface area contributed by atoms with Crippen LogP contribution in [0, 0.1) is 0 Å². The molecule has 2 N–H and O–H groups in total. The minimum absolute atomic E-state index is 0.129. The summed E-state index contributed by atoms with van der Waals surface area (Å²) in [6.07, 6.45) is 0. The van der Waals surface area contributed by atoms with Crippen molar-refractivity contribution in [2.45, 2.75) is 6.92 Å². The third-order valence-corrected chi connectivity index (χ3v) is 3.84. The van der Waals surface area contributed by atoms with Gasteiger partial charge in [-0.2, -0.15) is 0 Å². The van der Waals surface area contributed by atoms with E-state index in [1.807, 2.05) is 61.5 Å². The molecule has 0 bridgehead atoms. The van der Waals surface area contributed by atoms with Crippen molar-refractivity contribution in [3.63, 3.8) is 0 Å². The summed E-state index contributed by atoms with van der Waals surface area (Å²) in [6, 6.07) is 20.5. The first kappa shape index (κ1) is 17.8. The third kappa shape index (κ3) is 4.52. The van der Waals surface area contributed by atoms with Gasteiger partial charge in [0.2, 0.25) is 5.88 Å². The largest absolute Gasteiger partial charge is 0.478 e. The smallest absolute Gasteiger partial charge is 0.275 e. The van der Waals surface area contributed by atoms with Crippen molar-refractivity contribution in [3.05, 3.63) is 77.4 Å². The maximum atomic E-state index is 12.4. The molecule has 6 heteroatoms. The van der Waals surface area contributed by atoms with E-state index in [1.165, 1.54) is 0 Å². The van der Waals surface area contributed by atoms with Gasteiger partial charge in [0.15, 0.2) is 5.69 Å². The Bertz CT molecular complexity index is 883. The number of carbonyl (C=O) groups excluding carboxylic acids is 1.